The van der Waals surface area contributed by atoms with Crippen LogP contribution < -0.4 is 5.32 Å². The van der Waals surface area contributed by atoms with Crippen molar-refractivity contribution in [1.29, 1.82) is 0 Å². The Labute approximate surface area is 113 Å². The van der Waals surface area contributed by atoms with Crippen molar-refractivity contribution in [3.63, 3.8) is 0 Å². The molecule has 0 aliphatic heterocycles. The number of halogens is 1. The molecule has 17 heavy (non-hydrogen) atoms. The van der Waals surface area contributed by atoms with Gasteiger partial charge in [-0.1, -0.05) is 33.6 Å². The second-order valence-electron chi connectivity index (χ2n) is 4.57. The van der Waals surface area contributed by atoms with Crippen LogP contribution in [0.4, 0.5) is 0 Å². The first-order valence-corrected chi connectivity index (χ1v) is 7.49. The summed E-state index contributed by atoms with van der Waals surface area (Å²) >= 11 is 3.37. The van der Waals surface area contributed by atoms with Crippen LogP contribution >= 0.6 is 15.9 Å². The molecule has 0 saturated carbocycles. The minimum absolute atomic E-state index is 0.353. The first kappa shape index (κ1) is 14.8. The lowest BCUT2D eigenvalue weighted by atomic mass is 9.93. The number of rotatable bonds is 8. The topological polar surface area (TPSA) is 25.2 Å². The van der Waals surface area contributed by atoms with E-state index in [-0.39, 0.29) is 0 Å². The van der Waals surface area contributed by atoms with E-state index in [0.29, 0.717) is 6.04 Å². The molecule has 1 aromatic rings. The van der Waals surface area contributed by atoms with Crippen LogP contribution in [0.3, 0.4) is 0 Å². The summed E-state index contributed by atoms with van der Waals surface area (Å²) in [6, 6.07) is 4.40. The zero-order valence-electron chi connectivity index (χ0n) is 11.1. The Kier molecular flexibility index (Phi) is 6.90. The molecular formula is C14H24BrNO. The van der Waals surface area contributed by atoms with Crippen molar-refractivity contribution < 1.29 is 4.42 Å². The molecule has 0 aliphatic carbocycles. The largest absolute Gasteiger partial charge is 0.453 e. The SMILES string of the molecule is CCCNC(CC(CC)CC)c1ccc(Br)o1. The zero-order chi connectivity index (χ0) is 12.7. The van der Waals surface area contributed by atoms with Crippen LogP contribution in [0.25, 0.3) is 0 Å². The van der Waals surface area contributed by atoms with Crippen molar-refractivity contribution in [1.82, 2.24) is 5.32 Å². The summed E-state index contributed by atoms with van der Waals surface area (Å²) in [7, 11) is 0. The maximum absolute atomic E-state index is 5.69. The molecule has 2 nitrogen and oxygen atoms in total. The van der Waals surface area contributed by atoms with Crippen LogP contribution in [0.1, 0.15) is 58.3 Å². The van der Waals surface area contributed by atoms with Crippen LogP contribution in [0.15, 0.2) is 21.2 Å². The zero-order valence-corrected chi connectivity index (χ0v) is 12.7. The Morgan fingerprint density at radius 2 is 1.94 bits per heavy atom. The van der Waals surface area contributed by atoms with Crippen molar-refractivity contribution in [2.75, 3.05) is 6.54 Å². The molecule has 1 N–H and O–H groups in total. The third-order valence-electron chi connectivity index (χ3n) is 3.30. The first-order chi connectivity index (χ1) is 8.21. The van der Waals surface area contributed by atoms with Gasteiger partial charge in [0.25, 0.3) is 0 Å². The molecule has 0 bridgehead atoms. The highest BCUT2D eigenvalue weighted by atomic mass is 79.9. The van der Waals surface area contributed by atoms with E-state index in [0.717, 1.165) is 35.7 Å². The molecule has 1 rings (SSSR count). The highest BCUT2D eigenvalue weighted by Crippen LogP contribution is 2.28. The number of nitrogens with one attached hydrogen (secondary N) is 1. The molecule has 0 saturated heterocycles. The summed E-state index contributed by atoms with van der Waals surface area (Å²) in [5, 5.41) is 3.58. The summed E-state index contributed by atoms with van der Waals surface area (Å²) < 4.78 is 6.51. The van der Waals surface area contributed by atoms with E-state index in [1.165, 1.54) is 12.8 Å². The third-order valence-corrected chi connectivity index (χ3v) is 3.73. The van der Waals surface area contributed by atoms with E-state index in [1.54, 1.807) is 0 Å². The van der Waals surface area contributed by atoms with Gasteiger partial charge in [-0.05, 0) is 53.4 Å². The smallest absolute Gasteiger partial charge is 0.169 e. The van der Waals surface area contributed by atoms with Gasteiger partial charge >= 0.3 is 0 Å². The molecule has 0 spiro atoms. The Morgan fingerprint density at radius 1 is 1.24 bits per heavy atom. The lowest BCUT2D eigenvalue weighted by Crippen LogP contribution is -2.24. The monoisotopic (exact) mass is 301 g/mol. The van der Waals surface area contributed by atoms with E-state index in [4.69, 9.17) is 4.42 Å². The number of hydrogen-bond acceptors (Lipinski definition) is 2. The maximum Gasteiger partial charge on any atom is 0.169 e. The van der Waals surface area contributed by atoms with Gasteiger partial charge in [0, 0.05) is 0 Å². The average molecular weight is 302 g/mol. The first-order valence-electron chi connectivity index (χ1n) is 6.69. The molecule has 1 heterocycles. The van der Waals surface area contributed by atoms with Crippen LogP contribution in [-0.2, 0) is 0 Å². The maximum atomic E-state index is 5.69. The Bertz CT molecular complexity index is 307. The summed E-state index contributed by atoms with van der Waals surface area (Å²) in [6.07, 6.45) is 4.79. The highest BCUT2D eigenvalue weighted by Gasteiger charge is 2.18. The molecule has 0 aromatic carbocycles. The normalized spacial score (nSPS) is 13.2. The van der Waals surface area contributed by atoms with Crippen molar-refractivity contribution in [3.05, 3.63) is 22.6 Å². The Hall–Kier alpha value is -0.280. The number of hydrogen-bond donors (Lipinski definition) is 1. The molecule has 1 unspecified atom stereocenters. The predicted octanol–water partition coefficient (Wildman–Crippen LogP) is 4.91. The van der Waals surface area contributed by atoms with E-state index in [1.807, 2.05) is 6.07 Å². The lowest BCUT2D eigenvalue weighted by molar-refractivity contribution is 0.325. The van der Waals surface area contributed by atoms with Crippen LogP contribution in [0.2, 0.25) is 0 Å². The fourth-order valence-corrected chi connectivity index (χ4v) is 2.41. The van der Waals surface area contributed by atoms with Gasteiger partial charge in [0.15, 0.2) is 4.67 Å². The molecular weight excluding hydrogens is 278 g/mol. The molecule has 0 amide bonds. The molecule has 0 radical (unpaired) electrons. The quantitative estimate of drug-likeness (QED) is 0.738. The lowest BCUT2D eigenvalue weighted by Gasteiger charge is -2.21. The molecule has 98 valence electrons. The second kappa shape index (κ2) is 7.93. The molecule has 1 atom stereocenters. The van der Waals surface area contributed by atoms with Crippen molar-refractivity contribution in [3.8, 4) is 0 Å². The van der Waals surface area contributed by atoms with Gasteiger partial charge in [-0.2, -0.15) is 0 Å². The predicted molar refractivity (Wildman–Crippen MR) is 76.1 cm³/mol. The van der Waals surface area contributed by atoms with E-state index < -0.39 is 0 Å². The minimum Gasteiger partial charge on any atom is -0.453 e. The van der Waals surface area contributed by atoms with Gasteiger partial charge in [-0.3, -0.25) is 0 Å². The van der Waals surface area contributed by atoms with Gasteiger partial charge in [0.05, 0.1) is 6.04 Å². The van der Waals surface area contributed by atoms with E-state index in [2.05, 4.69) is 48.1 Å². The molecule has 1 aromatic heterocycles. The van der Waals surface area contributed by atoms with Crippen molar-refractivity contribution in [2.24, 2.45) is 5.92 Å². The molecule has 0 aliphatic rings. The van der Waals surface area contributed by atoms with Gasteiger partial charge in [0.2, 0.25) is 0 Å². The summed E-state index contributed by atoms with van der Waals surface area (Å²) in [5.74, 6) is 1.82. The fourth-order valence-electron chi connectivity index (χ4n) is 2.09. The van der Waals surface area contributed by atoms with E-state index in [9.17, 15) is 0 Å². The third kappa shape index (κ3) is 4.84. The fraction of sp³-hybridized carbons (Fsp3) is 0.714. The number of furan rings is 1. The van der Waals surface area contributed by atoms with Crippen LogP contribution in [-0.4, -0.2) is 6.54 Å². The van der Waals surface area contributed by atoms with Crippen LogP contribution in [0, 0.1) is 5.92 Å². The van der Waals surface area contributed by atoms with Crippen molar-refractivity contribution >= 4 is 15.9 Å². The van der Waals surface area contributed by atoms with Gasteiger partial charge in [-0.25, -0.2) is 0 Å². The Balaban J connectivity index is 2.66. The average Bonchev–Trinajstić information content (AvgIpc) is 2.76. The van der Waals surface area contributed by atoms with Crippen molar-refractivity contribution in [2.45, 2.75) is 52.5 Å². The summed E-state index contributed by atoms with van der Waals surface area (Å²) in [5.41, 5.74) is 0. The molecule has 3 heteroatoms. The minimum atomic E-state index is 0.353. The van der Waals surface area contributed by atoms with Gasteiger partial charge < -0.3 is 9.73 Å². The highest BCUT2D eigenvalue weighted by molar-refractivity contribution is 9.10. The van der Waals surface area contributed by atoms with Gasteiger partial charge in [-0.15, -0.1) is 0 Å². The second-order valence-corrected chi connectivity index (χ2v) is 5.35. The molecule has 0 fully saturated rings. The summed E-state index contributed by atoms with van der Waals surface area (Å²) in [6.45, 7) is 7.77. The van der Waals surface area contributed by atoms with E-state index >= 15 is 0 Å². The standard InChI is InChI=1S/C14H24BrNO/c1-4-9-16-12(10-11(5-2)6-3)13-7-8-14(15)17-13/h7-8,11-12,16H,4-6,9-10H2,1-3H3. The van der Waals surface area contributed by atoms with Gasteiger partial charge in [0.1, 0.15) is 5.76 Å². The van der Waals surface area contributed by atoms with Crippen LogP contribution in [0.5, 0.6) is 0 Å². The summed E-state index contributed by atoms with van der Waals surface area (Å²) in [4.78, 5) is 0. The Morgan fingerprint density at radius 3 is 2.41 bits per heavy atom.